The Hall–Kier alpha value is -0.740. The number of halogens is 4. The van der Waals surface area contributed by atoms with Crippen molar-refractivity contribution in [2.75, 3.05) is 0 Å². The van der Waals surface area contributed by atoms with Crippen LogP contribution in [0.5, 0.6) is 0 Å². The average molecular weight is 238 g/mol. The van der Waals surface area contributed by atoms with Crippen LogP contribution in [-0.4, -0.2) is 11.7 Å². The van der Waals surface area contributed by atoms with Gasteiger partial charge in [-0.2, -0.15) is 13.2 Å². The van der Waals surface area contributed by atoms with Crippen LogP contribution in [0.25, 0.3) is 0 Å². The fraction of sp³-hybridized carbons (Fsp3) is 0.400. The molecule has 0 heterocycles. The molecule has 2 N–H and O–H groups in total. The van der Waals surface area contributed by atoms with E-state index in [0.717, 1.165) is 6.92 Å². The minimum Gasteiger partial charge on any atom is -0.318 e. The predicted octanol–water partition coefficient (Wildman–Crippen LogP) is 3.16. The molecule has 0 saturated carbocycles. The molecule has 1 aromatic rings. The summed E-state index contributed by atoms with van der Waals surface area (Å²) in [5.74, 6) is 0. The van der Waals surface area contributed by atoms with E-state index in [1.807, 2.05) is 0 Å². The summed E-state index contributed by atoms with van der Waals surface area (Å²) in [6.45, 7) is 0.974. The third kappa shape index (κ3) is 3.11. The maximum Gasteiger partial charge on any atom is 0.406 e. The Labute approximate surface area is 91.0 Å². The Morgan fingerprint density at radius 3 is 2.07 bits per heavy atom. The van der Waals surface area contributed by atoms with Gasteiger partial charge < -0.3 is 5.73 Å². The van der Waals surface area contributed by atoms with Gasteiger partial charge in [-0.05, 0) is 31.0 Å². The third-order valence-corrected chi connectivity index (χ3v) is 2.38. The zero-order chi connectivity index (χ0) is 11.7. The van der Waals surface area contributed by atoms with Crippen LogP contribution < -0.4 is 5.73 Å². The lowest BCUT2D eigenvalue weighted by molar-refractivity contribution is -0.180. The van der Waals surface area contributed by atoms with E-state index >= 15 is 0 Å². The Balaban J connectivity index is 2.82. The average Bonchev–Trinajstić information content (AvgIpc) is 2.06. The summed E-state index contributed by atoms with van der Waals surface area (Å²) in [4.78, 5) is 0. The monoisotopic (exact) mass is 237 g/mol. The molecule has 1 aromatic carbocycles. The van der Waals surface area contributed by atoms with E-state index in [2.05, 4.69) is 0 Å². The van der Waals surface area contributed by atoms with Gasteiger partial charge >= 0.3 is 6.18 Å². The molecule has 1 rings (SSSR count). The number of benzene rings is 1. The van der Waals surface area contributed by atoms with Gasteiger partial charge in [-0.15, -0.1) is 0 Å². The first-order chi connectivity index (χ1) is 6.72. The first-order valence-electron chi connectivity index (χ1n) is 4.32. The Bertz CT molecular complexity index is 330. The summed E-state index contributed by atoms with van der Waals surface area (Å²) >= 11 is 5.62. The summed E-state index contributed by atoms with van der Waals surface area (Å²) in [6.07, 6.45) is -4.67. The van der Waals surface area contributed by atoms with Crippen LogP contribution in [0.3, 0.4) is 0 Å². The third-order valence-electron chi connectivity index (χ3n) is 2.13. The molecule has 84 valence electrons. The van der Waals surface area contributed by atoms with E-state index in [-0.39, 0.29) is 6.42 Å². The van der Waals surface area contributed by atoms with Gasteiger partial charge in [0, 0.05) is 5.02 Å². The van der Waals surface area contributed by atoms with E-state index in [1.165, 1.54) is 0 Å². The van der Waals surface area contributed by atoms with Crippen molar-refractivity contribution in [1.29, 1.82) is 0 Å². The number of hydrogen-bond donors (Lipinski definition) is 1. The summed E-state index contributed by atoms with van der Waals surface area (Å²) in [6, 6.07) is 6.17. The molecule has 5 heteroatoms. The van der Waals surface area contributed by atoms with Gasteiger partial charge in [-0.3, -0.25) is 0 Å². The second-order valence-electron chi connectivity index (χ2n) is 3.72. The molecule has 0 amide bonds. The molecule has 1 unspecified atom stereocenters. The van der Waals surface area contributed by atoms with Gasteiger partial charge in [0.25, 0.3) is 0 Å². The molecule has 0 aliphatic carbocycles. The molecule has 0 fully saturated rings. The van der Waals surface area contributed by atoms with Crippen molar-refractivity contribution in [2.24, 2.45) is 5.73 Å². The maximum absolute atomic E-state index is 12.4. The lowest BCUT2D eigenvalue weighted by atomic mass is 9.93. The minimum atomic E-state index is -4.41. The van der Waals surface area contributed by atoms with Gasteiger partial charge in [0.1, 0.15) is 5.54 Å². The van der Waals surface area contributed by atoms with Crippen LogP contribution in [0.2, 0.25) is 5.02 Å². The standard InChI is InChI=1S/C10H11ClF3N/c1-9(15,10(12,13)14)6-7-2-4-8(11)5-3-7/h2-5H,6,15H2,1H3. The summed E-state index contributed by atoms with van der Waals surface area (Å²) in [5, 5.41) is 0.490. The molecule has 0 aromatic heterocycles. The van der Waals surface area contributed by atoms with Crippen molar-refractivity contribution in [3.63, 3.8) is 0 Å². The smallest absolute Gasteiger partial charge is 0.318 e. The van der Waals surface area contributed by atoms with Crippen molar-refractivity contribution >= 4 is 11.6 Å². The summed E-state index contributed by atoms with van der Waals surface area (Å²) in [7, 11) is 0. The van der Waals surface area contributed by atoms with E-state index in [1.54, 1.807) is 24.3 Å². The minimum absolute atomic E-state index is 0.256. The molecule has 1 nitrogen and oxygen atoms in total. The fourth-order valence-electron chi connectivity index (χ4n) is 1.13. The van der Waals surface area contributed by atoms with Crippen LogP contribution in [0, 0.1) is 0 Å². The van der Waals surface area contributed by atoms with Crippen molar-refractivity contribution in [3.8, 4) is 0 Å². The Morgan fingerprint density at radius 2 is 1.67 bits per heavy atom. The SMILES string of the molecule is CC(N)(Cc1ccc(Cl)cc1)C(F)(F)F. The number of nitrogens with two attached hydrogens (primary N) is 1. The van der Waals surface area contributed by atoms with Crippen LogP contribution in [0.1, 0.15) is 12.5 Å². The topological polar surface area (TPSA) is 26.0 Å². The lowest BCUT2D eigenvalue weighted by Crippen LogP contribution is -2.52. The lowest BCUT2D eigenvalue weighted by Gasteiger charge is -2.27. The molecule has 0 spiro atoms. The molecule has 0 aliphatic rings. The van der Waals surface area contributed by atoms with Crippen LogP contribution >= 0.6 is 11.6 Å². The van der Waals surface area contributed by atoms with Gasteiger partial charge in [-0.25, -0.2) is 0 Å². The molecular weight excluding hydrogens is 227 g/mol. The van der Waals surface area contributed by atoms with E-state index in [4.69, 9.17) is 17.3 Å². The molecular formula is C10H11ClF3N. The van der Waals surface area contributed by atoms with E-state index in [0.29, 0.717) is 10.6 Å². The van der Waals surface area contributed by atoms with Crippen molar-refractivity contribution in [2.45, 2.75) is 25.1 Å². The molecule has 0 radical (unpaired) electrons. The number of hydrogen-bond acceptors (Lipinski definition) is 1. The Morgan fingerprint density at radius 1 is 1.20 bits per heavy atom. The molecule has 1 atom stereocenters. The molecule has 0 aliphatic heterocycles. The molecule has 0 bridgehead atoms. The second-order valence-corrected chi connectivity index (χ2v) is 4.15. The zero-order valence-corrected chi connectivity index (χ0v) is 8.86. The van der Waals surface area contributed by atoms with Gasteiger partial charge in [0.2, 0.25) is 0 Å². The van der Waals surface area contributed by atoms with Crippen LogP contribution in [0.4, 0.5) is 13.2 Å². The molecule has 0 saturated heterocycles. The predicted molar refractivity (Wildman–Crippen MR) is 53.8 cm³/mol. The first-order valence-corrected chi connectivity index (χ1v) is 4.70. The number of alkyl halides is 3. The highest BCUT2D eigenvalue weighted by Crippen LogP contribution is 2.30. The first kappa shape index (κ1) is 12.3. The second kappa shape index (κ2) is 4.02. The Kier molecular flexibility index (Phi) is 3.31. The van der Waals surface area contributed by atoms with Gasteiger partial charge in [-0.1, -0.05) is 23.7 Å². The van der Waals surface area contributed by atoms with Crippen LogP contribution in [-0.2, 0) is 6.42 Å². The normalized spacial score (nSPS) is 16.1. The summed E-state index contributed by atoms with van der Waals surface area (Å²) < 4.78 is 37.3. The number of rotatable bonds is 2. The molecule has 15 heavy (non-hydrogen) atoms. The largest absolute Gasteiger partial charge is 0.406 e. The van der Waals surface area contributed by atoms with Gasteiger partial charge in [0.15, 0.2) is 0 Å². The van der Waals surface area contributed by atoms with Crippen molar-refractivity contribution in [1.82, 2.24) is 0 Å². The van der Waals surface area contributed by atoms with Gasteiger partial charge in [0.05, 0.1) is 0 Å². The van der Waals surface area contributed by atoms with E-state index in [9.17, 15) is 13.2 Å². The quantitative estimate of drug-likeness (QED) is 0.840. The van der Waals surface area contributed by atoms with Crippen LogP contribution in [0.15, 0.2) is 24.3 Å². The van der Waals surface area contributed by atoms with Crippen molar-refractivity contribution < 1.29 is 13.2 Å². The van der Waals surface area contributed by atoms with E-state index < -0.39 is 11.7 Å². The maximum atomic E-state index is 12.4. The highest BCUT2D eigenvalue weighted by atomic mass is 35.5. The highest BCUT2D eigenvalue weighted by molar-refractivity contribution is 6.30. The zero-order valence-electron chi connectivity index (χ0n) is 8.11. The summed E-state index contributed by atoms with van der Waals surface area (Å²) in [5.41, 5.74) is 3.51. The van der Waals surface area contributed by atoms with Crippen molar-refractivity contribution in [3.05, 3.63) is 34.9 Å². The fourth-order valence-corrected chi connectivity index (χ4v) is 1.25. The highest BCUT2D eigenvalue weighted by Gasteiger charge is 2.47.